The number of non-ortho nitro benzene ring substituents is 1. The molecule has 0 radical (unpaired) electrons. The molecule has 0 aliphatic carbocycles. The average Bonchev–Trinajstić information content (AvgIpc) is 0.799. The summed E-state index contributed by atoms with van der Waals surface area (Å²) in [7, 11) is 2.90. The van der Waals surface area contributed by atoms with E-state index in [4.69, 9.17) is 74.4 Å². The Bertz CT molecular complexity index is 3300. The smallest absolute Gasteiger partial charge is 0.467 e. The molecule has 2 aliphatic heterocycles. The number of carbonyl (C=O) groups is 9. The first-order valence-electron chi connectivity index (χ1n) is 25.1. The van der Waals surface area contributed by atoms with Crippen LogP contribution in [-0.2, 0) is 144 Å². The van der Waals surface area contributed by atoms with Crippen molar-refractivity contribution in [3.63, 3.8) is 0 Å². The van der Waals surface area contributed by atoms with Crippen molar-refractivity contribution in [1.29, 1.82) is 0 Å². The van der Waals surface area contributed by atoms with Gasteiger partial charge in [0, 0.05) is 131 Å². The van der Waals surface area contributed by atoms with Crippen molar-refractivity contribution in [2.24, 2.45) is 0 Å². The van der Waals surface area contributed by atoms with Crippen LogP contribution in [0.2, 0.25) is 0 Å². The van der Waals surface area contributed by atoms with Gasteiger partial charge in [-0.05, 0) is 29.8 Å². The first-order chi connectivity index (χ1) is 42.9. The van der Waals surface area contributed by atoms with Crippen LogP contribution >= 0.6 is 0 Å². The summed E-state index contributed by atoms with van der Waals surface area (Å²) < 4.78 is 73.6. The molecule has 3 aromatic rings. The van der Waals surface area contributed by atoms with E-state index in [2.05, 4.69) is 61.3 Å². The fraction of sp³-hybridized carbons (Fsp3) is 0.415. The highest BCUT2D eigenvalue weighted by molar-refractivity contribution is 8.37. The maximum Gasteiger partial charge on any atom is 0.514 e. The number of aliphatic hydroxyl groups is 1. The van der Waals surface area contributed by atoms with Gasteiger partial charge in [-0.1, -0.05) is 12.1 Å². The van der Waals surface area contributed by atoms with Crippen molar-refractivity contribution in [2.75, 3.05) is 14.2 Å². The van der Waals surface area contributed by atoms with Crippen molar-refractivity contribution in [3.05, 3.63) is 102 Å². The first-order valence-corrected chi connectivity index (χ1v) is 29.1. The summed E-state index contributed by atoms with van der Waals surface area (Å²) in [6.07, 6.45) is -10.9. The van der Waals surface area contributed by atoms with E-state index in [0.29, 0.717) is 0 Å². The molecule has 490 valence electrons. The van der Waals surface area contributed by atoms with Crippen LogP contribution in [0.3, 0.4) is 0 Å². The Morgan fingerprint density at radius 1 is 0.560 bits per heavy atom. The highest BCUT2D eigenvalue weighted by atomic mass is 33.1. The Hall–Kier alpha value is -9.41. The second-order valence-electron chi connectivity index (χ2n) is 17.7. The number of nitro groups is 3. The van der Waals surface area contributed by atoms with Crippen LogP contribution in [0.15, 0.2) is 60.7 Å². The number of aliphatic hydroxyl groups excluding tert-OH is 1. The van der Waals surface area contributed by atoms with Gasteiger partial charge in [0.05, 0.1) is 41.5 Å². The monoisotopic (exact) mass is 1370 g/mol. The van der Waals surface area contributed by atoms with Gasteiger partial charge in [0.1, 0.15) is 11.9 Å². The summed E-state index contributed by atoms with van der Waals surface area (Å²) in [6.45, 7) is 5.99. The Labute approximate surface area is 537 Å². The van der Waals surface area contributed by atoms with Crippen LogP contribution in [0.4, 0.5) is 21.9 Å². The number of terminal acetylenes is 2. The second-order valence-corrected chi connectivity index (χ2v) is 19.4. The summed E-state index contributed by atoms with van der Waals surface area (Å²) in [5.74, 6) is -4.29. The summed E-state index contributed by atoms with van der Waals surface area (Å²) >= 11 is 15.6. The molecule has 0 saturated carbocycles. The maximum absolute atomic E-state index is 12.7. The molecule has 2 heterocycles. The predicted octanol–water partition coefficient (Wildman–Crippen LogP) is 3.57. The zero-order chi connectivity index (χ0) is 69.0. The minimum absolute atomic E-state index is 0.00102. The van der Waals surface area contributed by atoms with Crippen LogP contribution in [-0.4, -0.2) is 149 Å². The molecule has 12 atom stereocenters. The molecule has 33 nitrogen and oxygen atoms in total. The number of hydrogen-bond acceptors (Lipinski definition) is 34. The van der Waals surface area contributed by atoms with Gasteiger partial charge in [-0.3, -0.25) is 59.1 Å². The van der Waals surface area contributed by atoms with E-state index in [9.17, 15) is 78.6 Å². The number of rotatable bonds is 21. The van der Waals surface area contributed by atoms with E-state index in [1.54, 1.807) is 0 Å². The van der Waals surface area contributed by atoms with Crippen LogP contribution in [0.25, 0.3) is 0 Å². The van der Waals surface area contributed by atoms with E-state index < -0.39 is 165 Å². The molecule has 0 bridgehead atoms. The molecule has 2 aliphatic rings. The number of carbonyl (C=O) groups excluding carboxylic acids is 9. The Morgan fingerprint density at radius 2 is 0.912 bits per heavy atom. The van der Waals surface area contributed by atoms with Crippen LogP contribution < -0.4 is 14.2 Å². The fourth-order valence-corrected chi connectivity index (χ4v) is 8.00. The van der Waals surface area contributed by atoms with E-state index >= 15 is 0 Å². The molecular weight excluding hydrogens is 1320 g/mol. The van der Waals surface area contributed by atoms with E-state index in [1.165, 1.54) is 12.1 Å². The second kappa shape index (κ2) is 38.2. The van der Waals surface area contributed by atoms with Gasteiger partial charge in [-0.15, -0.1) is 24.7 Å². The number of benzene rings is 3. The molecule has 38 heteroatoms. The minimum Gasteiger partial charge on any atom is -0.467 e. The maximum atomic E-state index is 12.7. The lowest BCUT2D eigenvalue weighted by Gasteiger charge is -2.42. The van der Waals surface area contributed by atoms with Crippen LogP contribution in [0, 0.1) is 55.0 Å². The molecule has 3 aromatic carbocycles. The molecule has 2 fully saturated rings. The van der Waals surface area contributed by atoms with E-state index in [-0.39, 0.29) is 35.4 Å². The normalized spacial score (nSPS) is 20.6. The Balaban J connectivity index is 0.000000599. The van der Waals surface area contributed by atoms with Crippen LogP contribution in [0.1, 0.15) is 77.7 Å². The third-order valence-electron chi connectivity index (χ3n) is 11.4. The lowest BCUT2D eigenvalue weighted by Crippen LogP contribution is -2.64. The zero-order valence-corrected chi connectivity index (χ0v) is 52.5. The fourth-order valence-electron chi connectivity index (χ4n) is 8.00. The van der Waals surface area contributed by atoms with Crippen molar-refractivity contribution in [2.45, 2.75) is 128 Å². The molecule has 0 unspecified atom stereocenters. The van der Waals surface area contributed by atoms with Crippen molar-refractivity contribution in [3.8, 4) is 41.9 Å². The van der Waals surface area contributed by atoms with Gasteiger partial charge in [0.25, 0.3) is 5.69 Å². The predicted molar refractivity (Wildman–Crippen MR) is 314 cm³/mol. The third-order valence-corrected chi connectivity index (χ3v) is 11.4. The summed E-state index contributed by atoms with van der Waals surface area (Å²) in [5, 5.41) is 44.9. The highest BCUT2D eigenvalue weighted by Crippen LogP contribution is 2.39. The number of nitrogens with zero attached hydrogens (tertiary/aromatic N) is 3. The van der Waals surface area contributed by atoms with Gasteiger partial charge in [-0.2, -0.15) is 0 Å². The molecule has 5 rings (SSSR count). The topological polar surface area (TPSA) is 432 Å². The number of ether oxygens (including phenoxy) is 14. The third kappa shape index (κ3) is 23.8. The Kier molecular flexibility index (Phi) is 32.6. The standard InChI is InChI=1S/C30H28N2O17.C23H25NO13.S3.S2/c1-6-7-22(48-30(37)46-20-11-9-19(10-12-20)31(38)39)18-8-13-23(21(14-18)32(40)41)47-29-27(45-17(4)35)25(44-16(3)34)24(43-15(2)33)26(49-29)28(36)42-5;1-6-7-16(28)14-8-9-17(15(10-14)24(30)31)36-23-21(35-13(4)27)19(34-12(3)26)18(33-11(2)25)20(37-23)22(29)32-5;1-3-2;1-2/h1,8-14,22,24-27,29H,7H2,2-5H3;1,8-10,16,18-21,23,28H,7H2,2-5H3;;/t22-,24-,25-,26-,27+,29+;16-,18-,19-,20-,21+,23+;;/m00../s1. The number of methoxy groups -OCH3 is 2. The lowest BCUT2D eigenvalue weighted by molar-refractivity contribution is -0.387. The molecule has 1 N–H and O–H groups in total. The zero-order valence-electron chi connectivity index (χ0n) is 48.4. The van der Waals surface area contributed by atoms with E-state index in [0.717, 1.165) is 113 Å². The SMILES string of the molecule is C#CC[C@H](O)c1ccc(O[C@@H]2O[C@H](C(=O)OC)[C@@H](OC(C)=O)[C@H](OC(C)=O)[C@H]2OC(C)=O)c([N+](=O)[O-])c1.C#CC[C@H](OC(=O)Oc1ccc([N+](=O)[O-])cc1)c1ccc(O[C@@H]2O[C@H](C(=O)OC)[C@@H](OC(C)=O)[C@H](OC(C)=O)[C@H]2OC(C)=O)c([N+](=O)[O-])c1.S=S.S=S=S. The summed E-state index contributed by atoms with van der Waals surface area (Å²) in [6, 6.07) is 11.2. The van der Waals surface area contributed by atoms with Crippen molar-refractivity contribution < 1.29 is 129 Å². The average molecular weight is 1370 g/mol. The van der Waals surface area contributed by atoms with Gasteiger partial charge in [0.2, 0.25) is 24.8 Å². The van der Waals surface area contributed by atoms with Gasteiger partial charge < -0.3 is 71.4 Å². The molecule has 0 aromatic heterocycles. The Morgan fingerprint density at radius 3 is 1.25 bits per heavy atom. The molecule has 0 spiro atoms. The highest BCUT2D eigenvalue weighted by Gasteiger charge is 2.58. The van der Waals surface area contributed by atoms with Gasteiger partial charge in [-0.25, -0.2) is 14.4 Å². The summed E-state index contributed by atoms with van der Waals surface area (Å²) in [4.78, 5) is 142. The molecule has 0 amide bonds. The quantitative estimate of drug-likeness (QED) is 0.0398. The molecule has 2 saturated heterocycles. The van der Waals surface area contributed by atoms with Crippen molar-refractivity contribution in [1.82, 2.24) is 0 Å². The van der Waals surface area contributed by atoms with Gasteiger partial charge in [0.15, 0.2) is 48.1 Å². The number of esters is 8. The van der Waals surface area contributed by atoms with E-state index in [1.807, 2.05) is 0 Å². The molecule has 91 heavy (non-hydrogen) atoms. The molecular formula is C53H53N3O30S5. The first kappa shape index (κ1) is 77.7. The number of hydrogen-bond donors (Lipinski definition) is 1. The largest absolute Gasteiger partial charge is 0.514 e. The van der Waals surface area contributed by atoms with Crippen molar-refractivity contribution >= 4 is 125 Å². The number of nitro benzene ring substituents is 3. The van der Waals surface area contributed by atoms with Gasteiger partial charge >= 0.3 is 65.3 Å². The summed E-state index contributed by atoms with van der Waals surface area (Å²) in [5.41, 5.74) is -1.51. The lowest BCUT2D eigenvalue weighted by atomic mass is 9.97. The minimum atomic E-state index is -1.90. The van der Waals surface area contributed by atoms with Crippen LogP contribution in [0.5, 0.6) is 17.2 Å².